The molecule has 31 heavy (non-hydrogen) atoms. The fourth-order valence-electron chi connectivity index (χ4n) is 3.49. The molecule has 2 atom stereocenters. The van der Waals surface area contributed by atoms with Crippen molar-refractivity contribution in [2.75, 3.05) is 33.0 Å². The molecule has 0 bridgehead atoms. The molecule has 0 N–H and O–H groups in total. The van der Waals surface area contributed by atoms with E-state index in [1.807, 2.05) is 20.8 Å². The lowest BCUT2D eigenvalue weighted by Gasteiger charge is -2.42. The van der Waals surface area contributed by atoms with E-state index >= 15 is 0 Å². The van der Waals surface area contributed by atoms with Gasteiger partial charge in [0, 0.05) is 13.2 Å². The summed E-state index contributed by atoms with van der Waals surface area (Å²) < 4.78 is 36.5. The first-order valence-electron chi connectivity index (χ1n) is 12.0. The van der Waals surface area contributed by atoms with Crippen LogP contribution in [0.3, 0.4) is 0 Å². The summed E-state index contributed by atoms with van der Waals surface area (Å²) in [4.78, 5) is 0. The third kappa shape index (κ3) is 19.6. The lowest BCUT2D eigenvalue weighted by atomic mass is 10.3. The van der Waals surface area contributed by atoms with Crippen LogP contribution < -0.4 is 0 Å². The Balaban J connectivity index is 4.33. The Morgan fingerprint density at radius 3 is 1.90 bits per heavy atom. The second-order valence-corrected chi connectivity index (χ2v) is 23.3. The molecule has 0 amide bonds. The van der Waals surface area contributed by atoms with E-state index in [0.29, 0.717) is 26.4 Å². The Kier molecular flexibility index (Phi) is 14.8. The molecule has 0 saturated carbocycles. The quantitative estimate of drug-likeness (QED) is 0.122. The molecule has 0 spiro atoms. The van der Waals surface area contributed by atoms with E-state index in [9.17, 15) is 0 Å². The van der Waals surface area contributed by atoms with Gasteiger partial charge in [0.1, 0.15) is 5.79 Å². The number of hydrogen-bond donors (Lipinski definition) is 0. The van der Waals surface area contributed by atoms with Gasteiger partial charge in [0.15, 0.2) is 16.6 Å². The Hall–Kier alpha value is 0.411. The van der Waals surface area contributed by atoms with E-state index in [0.717, 1.165) is 31.9 Å². The largest absolute Gasteiger partial charge is 0.436 e. The second kappa shape index (κ2) is 14.6. The minimum absolute atomic E-state index is 0.135. The molecule has 0 rings (SSSR count). The van der Waals surface area contributed by atoms with Crippen molar-refractivity contribution in [3.63, 3.8) is 0 Å². The highest BCUT2D eigenvalue weighted by atomic mass is 28.4. The van der Waals surface area contributed by atoms with Crippen LogP contribution in [-0.4, -0.2) is 70.1 Å². The van der Waals surface area contributed by atoms with E-state index in [1.54, 1.807) is 0 Å². The van der Waals surface area contributed by atoms with Crippen LogP contribution in [0.1, 0.15) is 47.0 Å². The molecule has 0 radical (unpaired) electrons. The number of ether oxygens (including phenoxy) is 3. The van der Waals surface area contributed by atoms with Crippen molar-refractivity contribution in [1.29, 1.82) is 0 Å². The van der Waals surface area contributed by atoms with Crippen molar-refractivity contribution in [2.24, 2.45) is 0 Å². The van der Waals surface area contributed by atoms with Crippen molar-refractivity contribution in [2.45, 2.75) is 111 Å². The Morgan fingerprint density at radius 1 is 0.742 bits per heavy atom. The van der Waals surface area contributed by atoms with Gasteiger partial charge in [-0.05, 0) is 85.5 Å². The van der Waals surface area contributed by atoms with Crippen LogP contribution >= 0.6 is 0 Å². The normalized spacial score (nSPS) is 16.4. The van der Waals surface area contributed by atoms with E-state index in [2.05, 4.69) is 52.8 Å². The van der Waals surface area contributed by atoms with Gasteiger partial charge in [-0.3, -0.25) is 0 Å². The Morgan fingerprint density at radius 2 is 1.35 bits per heavy atom. The van der Waals surface area contributed by atoms with Crippen molar-refractivity contribution < 1.29 is 27.2 Å². The summed E-state index contributed by atoms with van der Waals surface area (Å²) in [6.07, 6.45) is 3.30. The molecule has 0 aromatic rings. The van der Waals surface area contributed by atoms with Gasteiger partial charge in [-0.15, -0.1) is 0 Å². The van der Waals surface area contributed by atoms with E-state index < -0.39 is 31.0 Å². The van der Waals surface area contributed by atoms with E-state index in [1.165, 1.54) is 0 Å². The van der Waals surface area contributed by atoms with Crippen molar-refractivity contribution in [1.82, 2.24) is 0 Å². The summed E-state index contributed by atoms with van der Waals surface area (Å²) in [5, 5.41) is 0. The predicted molar refractivity (Wildman–Crippen MR) is 137 cm³/mol. The summed E-state index contributed by atoms with van der Waals surface area (Å²) in [7, 11) is -5.86. The molecular weight excluding hydrogens is 444 g/mol. The zero-order valence-electron chi connectivity index (χ0n) is 22.4. The molecule has 188 valence electrons. The molecule has 0 aliphatic rings. The van der Waals surface area contributed by atoms with Crippen molar-refractivity contribution in [3.8, 4) is 0 Å². The van der Waals surface area contributed by atoms with Gasteiger partial charge in [-0.2, -0.15) is 0 Å². The molecule has 0 saturated heterocycles. The fraction of sp³-hybridized carbons (Fsp3) is 1.00. The lowest BCUT2D eigenvalue weighted by molar-refractivity contribution is -0.106. The molecule has 0 fully saturated rings. The highest BCUT2D eigenvalue weighted by Crippen LogP contribution is 2.29. The second-order valence-electron chi connectivity index (χ2n) is 10.9. The number of unbranched alkanes of at least 4 members (excludes halogenated alkanes) is 1. The average molecular weight is 497 g/mol. The molecule has 9 heteroatoms. The van der Waals surface area contributed by atoms with Crippen LogP contribution in [0.15, 0.2) is 0 Å². The summed E-state index contributed by atoms with van der Waals surface area (Å²) >= 11 is 0. The molecular formula is C22H52O6Si3. The minimum Gasteiger partial charge on any atom is -0.436 e. The maximum absolute atomic E-state index is 6.58. The van der Waals surface area contributed by atoms with Crippen LogP contribution in [-0.2, 0) is 27.2 Å². The molecule has 0 aromatic heterocycles. The highest BCUT2D eigenvalue weighted by molar-refractivity contribution is 6.82. The monoisotopic (exact) mass is 496 g/mol. The number of hydrogen-bond acceptors (Lipinski definition) is 6. The van der Waals surface area contributed by atoms with Crippen molar-refractivity contribution in [3.05, 3.63) is 0 Å². The summed E-state index contributed by atoms with van der Waals surface area (Å²) in [6, 6.07) is 0.888. The van der Waals surface area contributed by atoms with Gasteiger partial charge in [0.05, 0.1) is 25.9 Å². The summed E-state index contributed by atoms with van der Waals surface area (Å²) in [5.74, 6) is -0.629. The summed E-state index contributed by atoms with van der Waals surface area (Å²) in [6.45, 7) is 26.9. The average Bonchev–Trinajstić information content (AvgIpc) is 2.52. The van der Waals surface area contributed by atoms with Crippen LogP contribution in [0.25, 0.3) is 0 Å². The van der Waals surface area contributed by atoms with Gasteiger partial charge < -0.3 is 27.2 Å². The summed E-state index contributed by atoms with van der Waals surface area (Å²) in [5.41, 5.74) is 0. The topological polar surface area (TPSA) is 55.4 Å². The molecule has 0 aliphatic carbocycles. The first-order valence-corrected chi connectivity index (χ1v) is 21.3. The maximum Gasteiger partial charge on any atom is 0.326 e. The van der Waals surface area contributed by atoms with Gasteiger partial charge in [0.25, 0.3) is 0 Å². The lowest BCUT2D eigenvalue weighted by Crippen LogP contribution is -2.54. The zero-order valence-corrected chi connectivity index (χ0v) is 25.4. The first-order chi connectivity index (χ1) is 14.1. The number of rotatable bonds is 19. The first kappa shape index (κ1) is 31.4. The smallest absolute Gasteiger partial charge is 0.326 e. The van der Waals surface area contributed by atoms with Crippen LogP contribution in [0.4, 0.5) is 0 Å². The van der Waals surface area contributed by atoms with Crippen LogP contribution in [0.5, 0.6) is 0 Å². The standard InChI is InChI=1S/C22H52O6Si3/c1-12-13-16-25-21(2)20-24-18-17-23-15-14-19-31(11,28-30(8,9)10)27-22(3,4)26-29(5,6)7/h21H,12-20H2,1-11H3. The highest BCUT2D eigenvalue weighted by Gasteiger charge is 2.42. The van der Waals surface area contributed by atoms with Crippen LogP contribution in [0, 0.1) is 0 Å². The molecule has 2 unspecified atom stereocenters. The zero-order chi connectivity index (χ0) is 24.2. The van der Waals surface area contributed by atoms with Gasteiger partial charge in [0.2, 0.25) is 0 Å². The predicted octanol–water partition coefficient (Wildman–Crippen LogP) is 6.14. The minimum atomic E-state index is -2.40. The molecule has 0 heterocycles. The molecule has 0 aromatic carbocycles. The van der Waals surface area contributed by atoms with Gasteiger partial charge >= 0.3 is 8.56 Å². The fourth-order valence-corrected chi connectivity index (χ4v) is 12.8. The SMILES string of the molecule is CCCCOC(C)COCCOCCC[Si](C)(OC(C)(C)O[Si](C)(C)C)O[Si](C)(C)C. The Bertz CT molecular complexity index is 465. The Labute approximate surface area is 196 Å². The van der Waals surface area contributed by atoms with Crippen molar-refractivity contribution >= 4 is 25.2 Å². The molecule has 0 aliphatic heterocycles. The third-order valence-corrected chi connectivity index (χ3v) is 11.5. The third-order valence-electron chi connectivity index (χ3n) is 4.08. The van der Waals surface area contributed by atoms with E-state index in [4.69, 9.17) is 27.2 Å². The van der Waals surface area contributed by atoms with E-state index in [-0.39, 0.29) is 6.10 Å². The van der Waals surface area contributed by atoms with Gasteiger partial charge in [-0.25, -0.2) is 0 Å². The van der Waals surface area contributed by atoms with Crippen LogP contribution in [0.2, 0.25) is 51.9 Å². The molecule has 6 nitrogen and oxygen atoms in total. The van der Waals surface area contributed by atoms with Gasteiger partial charge in [-0.1, -0.05) is 13.3 Å². The maximum atomic E-state index is 6.58.